The Morgan fingerprint density at radius 3 is 2.50 bits per heavy atom. The van der Waals surface area contributed by atoms with E-state index in [1.165, 1.54) is 6.07 Å². The van der Waals surface area contributed by atoms with E-state index in [0.717, 1.165) is 0 Å². The molecular formula is C13H17FN2O2. The number of benzene rings is 1. The first-order chi connectivity index (χ1) is 8.52. The fourth-order valence-electron chi connectivity index (χ4n) is 1.66. The van der Waals surface area contributed by atoms with E-state index >= 15 is 0 Å². The van der Waals surface area contributed by atoms with Gasteiger partial charge < -0.3 is 5.73 Å². The first-order valence-corrected chi connectivity index (χ1v) is 5.78. The third-order valence-electron chi connectivity index (χ3n) is 2.57. The number of Topliss-reactive ketones (excluding diaryl/α,β-unsaturated/α-hetero) is 1. The van der Waals surface area contributed by atoms with E-state index in [1.54, 1.807) is 23.1 Å². The van der Waals surface area contributed by atoms with Crippen molar-refractivity contribution in [3.8, 4) is 0 Å². The quantitative estimate of drug-likeness (QED) is 0.778. The van der Waals surface area contributed by atoms with E-state index in [2.05, 4.69) is 0 Å². The van der Waals surface area contributed by atoms with Crippen LogP contribution in [0, 0.1) is 5.82 Å². The molecule has 2 N–H and O–H groups in total. The zero-order valence-corrected chi connectivity index (χ0v) is 10.4. The molecule has 0 fully saturated rings. The van der Waals surface area contributed by atoms with Crippen LogP contribution in [0.1, 0.15) is 12.5 Å². The fourth-order valence-corrected chi connectivity index (χ4v) is 1.66. The maximum atomic E-state index is 13.3. The molecule has 5 heteroatoms. The van der Waals surface area contributed by atoms with Gasteiger partial charge in [-0.3, -0.25) is 14.5 Å². The lowest BCUT2D eigenvalue weighted by Gasteiger charge is -2.17. The number of primary amides is 1. The molecule has 0 spiro atoms. The Labute approximate surface area is 106 Å². The number of rotatable bonds is 7. The number of carbonyl (C=O) groups excluding carboxylic acids is 2. The average molecular weight is 252 g/mol. The predicted molar refractivity (Wildman–Crippen MR) is 66.4 cm³/mol. The van der Waals surface area contributed by atoms with E-state index in [-0.39, 0.29) is 31.1 Å². The van der Waals surface area contributed by atoms with Crippen molar-refractivity contribution in [1.29, 1.82) is 0 Å². The molecule has 0 aliphatic rings. The summed E-state index contributed by atoms with van der Waals surface area (Å²) < 4.78 is 13.3. The number of hydrogen-bond donors (Lipinski definition) is 1. The number of amides is 1. The average Bonchev–Trinajstić information content (AvgIpc) is 2.30. The van der Waals surface area contributed by atoms with Gasteiger partial charge in [-0.1, -0.05) is 25.1 Å². The smallest absolute Gasteiger partial charge is 0.231 e. The second-order valence-electron chi connectivity index (χ2n) is 4.08. The van der Waals surface area contributed by atoms with Gasteiger partial charge in [-0.15, -0.1) is 0 Å². The molecule has 1 aromatic carbocycles. The molecule has 1 aromatic rings. The highest BCUT2D eigenvalue weighted by atomic mass is 19.1. The van der Waals surface area contributed by atoms with Crippen LogP contribution in [0.4, 0.5) is 4.39 Å². The summed E-state index contributed by atoms with van der Waals surface area (Å²) in [4.78, 5) is 24.2. The number of hydrogen-bond acceptors (Lipinski definition) is 3. The molecule has 0 heterocycles. The predicted octanol–water partition coefficient (Wildman–Crippen LogP) is 0.745. The molecule has 98 valence electrons. The van der Waals surface area contributed by atoms with E-state index < -0.39 is 5.91 Å². The summed E-state index contributed by atoms with van der Waals surface area (Å²) in [7, 11) is 0. The largest absolute Gasteiger partial charge is 0.369 e. The maximum Gasteiger partial charge on any atom is 0.231 e. The molecule has 0 saturated carbocycles. The Hall–Kier alpha value is -1.75. The summed E-state index contributed by atoms with van der Waals surface area (Å²) >= 11 is 0. The van der Waals surface area contributed by atoms with Crippen LogP contribution in [0.15, 0.2) is 24.3 Å². The van der Waals surface area contributed by atoms with Gasteiger partial charge in [0.25, 0.3) is 0 Å². The van der Waals surface area contributed by atoms with Crippen molar-refractivity contribution in [2.45, 2.75) is 13.3 Å². The molecule has 1 rings (SSSR count). The fraction of sp³-hybridized carbons (Fsp3) is 0.385. The van der Waals surface area contributed by atoms with Crippen molar-refractivity contribution < 1.29 is 14.0 Å². The molecule has 0 saturated heterocycles. The van der Waals surface area contributed by atoms with Gasteiger partial charge in [0, 0.05) is 6.42 Å². The van der Waals surface area contributed by atoms with Crippen LogP contribution >= 0.6 is 0 Å². The Morgan fingerprint density at radius 1 is 1.28 bits per heavy atom. The molecular weight excluding hydrogens is 235 g/mol. The topological polar surface area (TPSA) is 63.4 Å². The van der Waals surface area contributed by atoms with E-state index in [1.807, 2.05) is 6.92 Å². The van der Waals surface area contributed by atoms with Crippen molar-refractivity contribution in [1.82, 2.24) is 4.90 Å². The highest BCUT2D eigenvalue weighted by Crippen LogP contribution is 2.07. The standard InChI is InChI=1S/C13H17FN2O2/c1-2-16(9-13(15)18)8-11(17)7-10-5-3-4-6-12(10)14/h3-6H,2,7-9H2,1H3,(H2,15,18). The van der Waals surface area contributed by atoms with Gasteiger partial charge >= 0.3 is 0 Å². The van der Waals surface area contributed by atoms with E-state index in [0.29, 0.717) is 12.1 Å². The maximum absolute atomic E-state index is 13.3. The minimum Gasteiger partial charge on any atom is -0.369 e. The Bertz CT molecular complexity index is 435. The van der Waals surface area contributed by atoms with Gasteiger partial charge in [0.05, 0.1) is 13.1 Å². The van der Waals surface area contributed by atoms with Crippen LogP contribution < -0.4 is 5.73 Å². The molecule has 18 heavy (non-hydrogen) atoms. The first kappa shape index (κ1) is 14.3. The van der Waals surface area contributed by atoms with E-state index in [4.69, 9.17) is 5.73 Å². The summed E-state index contributed by atoms with van der Waals surface area (Å²) in [5.74, 6) is -0.998. The molecule has 0 aliphatic heterocycles. The van der Waals surface area contributed by atoms with Crippen LogP contribution in [0.25, 0.3) is 0 Å². The number of ketones is 1. The number of halogens is 1. The monoisotopic (exact) mass is 252 g/mol. The minimum atomic E-state index is -0.476. The van der Waals surface area contributed by atoms with Gasteiger partial charge in [-0.05, 0) is 18.2 Å². The number of nitrogens with two attached hydrogens (primary N) is 1. The van der Waals surface area contributed by atoms with Crippen LogP contribution in [0.3, 0.4) is 0 Å². The zero-order valence-electron chi connectivity index (χ0n) is 10.4. The van der Waals surface area contributed by atoms with Crippen molar-refractivity contribution in [2.24, 2.45) is 5.73 Å². The van der Waals surface area contributed by atoms with Crippen LogP contribution in [0.2, 0.25) is 0 Å². The third-order valence-corrected chi connectivity index (χ3v) is 2.57. The molecule has 0 aromatic heterocycles. The zero-order chi connectivity index (χ0) is 13.5. The normalized spacial score (nSPS) is 10.6. The number of likely N-dealkylation sites (N-methyl/N-ethyl adjacent to an activating group) is 1. The first-order valence-electron chi connectivity index (χ1n) is 5.78. The van der Waals surface area contributed by atoms with Gasteiger partial charge in [0.2, 0.25) is 5.91 Å². The molecule has 0 atom stereocenters. The summed E-state index contributed by atoms with van der Waals surface area (Å²) in [5.41, 5.74) is 5.44. The van der Waals surface area contributed by atoms with Crippen LogP contribution in [-0.4, -0.2) is 36.2 Å². The second kappa shape index (κ2) is 6.86. The van der Waals surface area contributed by atoms with Gasteiger partial charge in [-0.2, -0.15) is 0 Å². The molecule has 0 unspecified atom stereocenters. The molecule has 0 aliphatic carbocycles. The Kier molecular flexibility index (Phi) is 5.45. The van der Waals surface area contributed by atoms with Crippen molar-refractivity contribution in [3.05, 3.63) is 35.6 Å². The summed E-state index contributed by atoms with van der Waals surface area (Å²) in [5, 5.41) is 0. The molecule has 1 amide bonds. The Balaban J connectivity index is 2.55. The summed E-state index contributed by atoms with van der Waals surface area (Å²) in [6, 6.07) is 6.17. The third kappa shape index (κ3) is 4.63. The highest BCUT2D eigenvalue weighted by molar-refractivity contribution is 5.83. The Morgan fingerprint density at radius 2 is 1.94 bits per heavy atom. The number of carbonyl (C=O) groups is 2. The molecule has 4 nitrogen and oxygen atoms in total. The summed E-state index contributed by atoms with van der Waals surface area (Å²) in [6.07, 6.45) is 0.0297. The van der Waals surface area contributed by atoms with Gasteiger partial charge in [0.15, 0.2) is 5.78 Å². The van der Waals surface area contributed by atoms with Crippen molar-refractivity contribution in [3.63, 3.8) is 0 Å². The van der Waals surface area contributed by atoms with Gasteiger partial charge in [0.1, 0.15) is 5.82 Å². The number of nitrogens with zero attached hydrogens (tertiary/aromatic N) is 1. The second-order valence-corrected chi connectivity index (χ2v) is 4.08. The van der Waals surface area contributed by atoms with E-state index in [9.17, 15) is 14.0 Å². The lowest BCUT2D eigenvalue weighted by molar-refractivity contribution is -0.122. The SMILES string of the molecule is CCN(CC(N)=O)CC(=O)Cc1ccccc1F. The minimum absolute atomic E-state index is 0.0297. The lowest BCUT2D eigenvalue weighted by Crippen LogP contribution is -2.37. The van der Waals surface area contributed by atoms with Crippen molar-refractivity contribution >= 4 is 11.7 Å². The lowest BCUT2D eigenvalue weighted by atomic mass is 10.1. The van der Waals surface area contributed by atoms with Crippen LogP contribution in [-0.2, 0) is 16.0 Å². The van der Waals surface area contributed by atoms with Gasteiger partial charge in [-0.25, -0.2) is 4.39 Å². The molecule has 0 radical (unpaired) electrons. The van der Waals surface area contributed by atoms with Crippen molar-refractivity contribution in [2.75, 3.05) is 19.6 Å². The summed E-state index contributed by atoms with van der Waals surface area (Å²) in [6.45, 7) is 2.53. The molecule has 0 bridgehead atoms. The highest BCUT2D eigenvalue weighted by Gasteiger charge is 2.13. The van der Waals surface area contributed by atoms with Crippen LogP contribution in [0.5, 0.6) is 0 Å².